The summed E-state index contributed by atoms with van der Waals surface area (Å²) in [5.41, 5.74) is -0.336. The minimum absolute atomic E-state index is 0.146. The molecule has 0 heterocycles. The molecule has 0 aliphatic carbocycles. The molecule has 2 aromatic rings. The summed E-state index contributed by atoms with van der Waals surface area (Å²) in [6.45, 7) is 0.315. The molecule has 0 radical (unpaired) electrons. The Balaban J connectivity index is 1.86. The van der Waals surface area contributed by atoms with Gasteiger partial charge in [0, 0.05) is 0 Å². The fraction of sp³-hybridized carbons (Fsp3) is 0.188. The van der Waals surface area contributed by atoms with Crippen molar-refractivity contribution in [2.75, 3.05) is 20.3 Å². The third-order valence-corrected chi connectivity index (χ3v) is 2.89. The smallest absolute Gasteiger partial charge is 0.254 e. The number of carbonyl (C=O) groups excluding carboxylic acids is 1. The van der Waals surface area contributed by atoms with Crippen molar-refractivity contribution < 1.29 is 23.0 Å². The molecule has 4 nitrogen and oxygen atoms in total. The van der Waals surface area contributed by atoms with Gasteiger partial charge >= 0.3 is 0 Å². The van der Waals surface area contributed by atoms with E-state index in [9.17, 15) is 13.6 Å². The second-order valence-electron chi connectivity index (χ2n) is 4.38. The van der Waals surface area contributed by atoms with Crippen molar-refractivity contribution in [2.45, 2.75) is 0 Å². The molecule has 0 spiro atoms. The lowest BCUT2D eigenvalue weighted by molar-refractivity contribution is 0.0942. The van der Waals surface area contributed by atoms with E-state index in [0.29, 0.717) is 11.5 Å². The fourth-order valence-electron chi connectivity index (χ4n) is 1.83. The SMILES string of the molecule is COc1ccccc1OCCNC(=O)c1cc(F)ccc1F. The molecule has 0 bridgehead atoms. The summed E-state index contributed by atoms with van der Waals surface area (Å²) in [7, 11) is 1.52. The van der Waals surface area contributed by atoms with E-state index in [0.717, 1.165) is 18.2 Å². The standard InChI is InChI=1S/C16H15F2NO3/c1-21-14-4-2-3-5-15(14)22-9-8-19-16(20)12-10-11(17)6-7-13(12)18/h2-7,10H,8-9H2,1H3,(H,19,20). The van der Waals surface area contributed by atoms with Crippen LogP contribution in [-0.4, -0.2) is 26.2 Å². The van der Waals surface area contributed by atoms with E-state index in [1.165, 1.54) is 7.11 Å². The molecule has 0 aliphatic rings. The molecule has 0 atom stereocenters. The second-order valence-corrected chi connectivity index (χ2v) is 4.38. The average Bonchev–Trinajstić information content (AvgIpc) is 2.54. The molecule has 2 rings (SSSR count). The highest BCUT2D eigenvalue weighted by Crippen LogP contribution is 2.25. The number of benzene rings is 2. The number of para-hydroxylation sites is 2. The summed E-state index contributed by atoms with van der Waals surface area (Å²) in [6.07, 6.45) is 0. The number of nitrogens with one attached hydrogen (secondary N) is 1. The van der Waals surface area contributed by atoms with Crippen LogP contribution in [0.1, 0.15) is 10.4 Å². The summed E-state index contributed by atoms with van der Waals surface area (Å²) >= 11 is 0. The predicted octanol–water partition coefficient (Wildman–Crippen LogP) is 2.78. The van der Waals surface area contributed by atoms with Crippen LogP contribution in [0.5, 0.6) is 11.5 Å². The molecule has 0 saturated heterocycles. The Morgan fingerprint density at radius 1 is 1.14 bits per heavy atom. The van der Waals surface area contributed by atoms with Gasteiger partial charge in [-0.3, -0.25) is 4.79 Å². The summed E-state index contributed by atoms with van der Waals surface area (Å²) in [5, 5.41) is 2.46. The van der Waals surface area contributed by atoms with Crippen LogP contribution < -0.4 is 14.8 Å². The van der Waals surface area contributed by atoms with Gasteiger partial charge in [0.15, 0.2) is 11.5 Å². The molecular formula is C16H15F2NO3. The normalized spacial score (nSPS) is 10.1. The molecule has 0 aliphatic heterocycles. The van der Waals surface area contributed by atoms with Gasteiger partial charge in [0.05, 0.1) is 19.2 Å². The van der Waals surface area contributed by atoms with E-state index in [4.69, 9.17) is 9.47 Å². The van der Waals surface area contributed by atoms with E-state index in [2.05, 4.69) is 5.32 Å². The Labute approximate surface area is 126 Å². The van der Waals surface area contributed by atoms with Crippen LogP contribution in [0.4, 0.5) is 8.78 Å². The average molecular weight is 307 g/mol. The van der Waals surface area contributed by atoms with Gasteiger partial charge < -0.3 is 14.8 Å². The lowest BCUT2D eigenvalue weighted by atomic mass is 10.2. The second kappa shape index (κ2) is 7.40. The van der Waals surface area contributed by atoms with Crippen molar-refractivity contribution in [1.29, 1.82) is 0 Å². The van der Waals surface area contributed by atoms with Crippen LogP contribution >= 0.6 is 0 Å². The lowest BCUT2D eigenvalue weighted by Crippen LogP contribution is -2.29. The number of amides is 1. The van der Waals surface area contributed by atoms with Gasteiger partial charge in [-0.1, -0.05) is 12.1 Å². The highest BCUT2D eigenvalue weighted by molar-refractivity contribution is 5.94. The van der Waals surface area contributed by atoms with Gasteiger partial charge in [-0.2, -0.15) is 0 Å². The van der Waals surface area contributed by atoms with Crippen molar-refractivity contribution >= 4 is 5.91 Å². The molecule has 0 fully saturated rings. The van der Waals surface area contributed by atoms with Gasteiger partial charge in [-0.15, -0.1) is 0 Å². The first-order valence-corrected chi connectivity index (χ1v) is 6.61. The third-order valence-electron chi connectivity index (χ3n) is 2.89. The monoisotopic (exact) mass is 307 g/mol. The Kier molecular flexibility index (Phi) is 5.30. The number of hydrogen-bond acceptors (Lipinski definition) is 3. The van der Waals surface area contributed by atoms with Gasteiger partial charge in [0.2, 0.25) is 0 Å². The van der Waals surface area contributed by atoms with E-state index >= 15 is 0 Å². The largest absolute Gasteiger partial charge is 0.493 e. The van der Waals surface area contributed by atoms with E-state index in [-0.39, 0.29) is 18.7 Å². The Morgan fingerprint density at radius 3 is 2.59 bits per heavy atom. The van der Waals surface area contributed by atoms with Gasteiger partial charge in [-0.25, -0.2) is 8.78 Å². The third kappa shape index (κ3) is 3.94. The van der Waals surface area contributed by atoms with Crippen molar-refractivity contribution in [1.82, 2.24) is 5.32 Å². The van der Waals surface area contributed by atoms with Crippen molar-refractivity contribution in [2.24, 2.45) is 0 Å². The van der Waals surface area contributed by atoms with Gasteiger partial charge in [-0.05, 0) is 30.3 Å². The molecule has 22 heavy (non-hydrogen) atoms. The number of carbonyl (C=O) groups is 1. The number of hydrogen-bond donors (Lipinski definition) is 1. The minimum Gasteiger partial charge on any atom is -0.493 e. The molecule has 1 N–H and O–H groups in total. The van der Waals surface area contributed by atoms with Crippen LogP contribution in [0.3, 0.4) is 0 Å². The lowest BCUT2D eigenvalue weighted by Gasteiger charge is -2.11. The number of rotatable bonds is 6. The minimum atomic E-state index is -0.774. The first kappa shape index (κ1) is 15.8. The molecule has 1 amide bonds. The Morgan fingerprint density at radius 2 is 1.86 bits per heavy atom. The Hall–Kier alpha value is -2.63. The molecule has 0 saturated carbocycles. The van der Waals surface area contributed by atoms with E-state index in [1.807, 2.05) is 0 Å². The number of ether oxygens (including phenoxy) is 2. The molecule has 0 unspecified atom stereocenters. The highest BCUT2D eigenvalue weighted by atomic mass is 19.1. The Bertz CT molecular complexity index is 662. The van der Waals surface area contributed by atoms with E-state index < -0.39 is 17.5 Å². The summed E-state index contributed by atoms with van der Waals surface area (Å²) in [6, 6.07) is 9.79. The molecule has 0 aromatic heterocycles. The molecule has 116 valence electrons. The van der Waals surface area contributed by atoms with Crippen LogP contribution in [0, 0.1) is 11.6 Å². The molecular weight excluding hydrogens is 292 g/mol. The zero-order valence-electron chi connectivity index (χ0n) is 11.9. The van der Waals surface area contributed by atoms with Crippen LogP contribution in [0.25, 0.3) is 0 Å². The molecule has 6 heteroatoms. The number of halogens is 2. The first-order valence-electron chi connectivity index (χ1n) is 6.61. The fourth-order valence-corrected chi connectivity index (χ4v) is 1.83. The van der Waals surface area contributed by atoms with Crippen molar-refractivity contribution in [3.63, 3.8) is 0 Å². The maximum atomic E-state index is 13.4. The summed E-state index contributed by atoms with van der Waals surface area (Å²) in [5.74, 6) is -1.02. The van der Waals surface area contributed by atoms with Crippen LogP contribution in [-0.2, 0) is 0 Å². The number of methoxy groups -OCH3 is 1. The first-order chi connectivity index (χ1) is 10.6. The maximum absolute atomic E-state index is 13.4. The maximum Gasteiger partial charge on any atom is 0.254 e. The van der Waals surface area contributed by atoms with Gasteiger partial charge in [0.1, 0.15) is 18.2 Å². The summed E-state index contributed by atoms with van der Waals surface area (Å²) in [4.78, 5) is 11.8. The molecule has 2 aromatic carbocycles. The topological polar surface area (TPSA) is 47.6 Å². The highest BCUT2D eigenvalue weighted by Gasteiger charge is 2.12. The van der Waals surface area contributed by atoms with E-state index in [1.54, 1.807) is 24.3 Å². The van der Waals surface area contributed by atoms with Crippen molar-refractivity contribution in [3.05, 3.63) is 59.7 Å². The predicted molar refractivity (Wildman–Crippen MR) is 77.2 cm³/mol. The van der Waals surface area contributed by atoms with Crippen LogP contribution in [0.2, 0.25) is 0 Å². The van der Waals surface area contributed by atoms with Gasteiger partial charge in [0.25, 0.3) is 5.91 Å². The zero-order chi connectivity index (χ0) is 15.9. The zero-order valence-corrected chi connectivity index (χ0v) is 11.9. The quantitative estimate of drug-likeness (QED) is 0.835. The summed E-state index contributed by atoms with van der Waals surface area (Å²) < 4.78 is 37.0. The van der Waals surface area contributed by atoms with Crippen LogP contribution in [0.15, 0.2) is 42.5 Å². The van der Waals surface area contributed by atoms with Crippen molar-refractivity contribution in [3.8, 4) is 11.5 Å².